The van der Waals surface area contributed by atoms with E-state index in [-0.39, 0.29) is 12.5 Å². The Bertz CT molecular complexity index is 1080. The molecule has 1 aliphatic heterocycles. The van der Waals surface area contributed by atoms with Gasteiger partial charge in [-0.3, -0.25) is 9.69 Å². The normalized spacial score (nSPS) is 15.1. The number of aromatic nitrogens is 1. The molecule has 2 heterocycles. The van der Waals surface area contributed by atoms with Gasteiger partial charge in [-0.15, -0.1) is 0 Å². The molecule has 1 atom stereocenters. The van der Waals surface area contributed by atoms with Gasteiger partial charge in [0.25, 0.3) is 0 Å². The van der Waals surface area contributed by atoms with Crippen LogP contribution in [0.5, 0.6) is 5.75 Å². The van der Waals surface area contributed by atoms with Crippen LogP contribution in [0.25, 0.3) is 10.9 Å². The maximum Gasteiger partial charge on any atom is 0.221 e. The molecule has 0 fully saturated rings. The molecule has 3 N–H and O–H groups in total. The number of halogens is 2. The number of aromatic amines is 1. The molecule has 1 unspecified atom stereocenters. The van der Waals surface area contributed by atoms with Gasteiger partial charge >= 0.3 is 0 Å². The van der Waals surface area contributed by atoms with Crippen LogP contribution in [0.2, 0.25) is 10.0 Å². The number of β-amino-alcohol motifs (C(OH)–C–C–N with tert-alkyl or cyclic N) is 1. The maximum absolute atomic E-state index is 11.4. The first-order valence-corrected chi connectivity index (χ1v) is 10.5. The lowest BCUT2D eigenvalue weighted by atomic mass is 10.0. The fourth-order valence-electron chi connectivity index (χ4n) is 3.85. The molecule has 1 aromatic heterocycles. The van der Waals surface area contributed by atoms with Gasteiger partial charge in [0.15, 0.2) is 0 Å². The molecule has 0 radical (unpaired) electrons. The van der Waals surface area contributed by atoms with Crippen LogP contribution in [0.1, 0.15) is 18.2 Å². The summed E-state index contributed by atoms with van der Waals surface area (Å²) in [7, 11) is 0. The van der Waals surface area contributed by atoms with Crippen LogP contribution >= 0.6 is 23.2 Å². The molecule has 0 saturated carbocycles. The monoisotopic (exact) mass is 447 g/mol. The fraction of sp³-hybridized carbons (Fsp3) is 0.318. The Morgan fingerprint density at radius 3 is 2.83 bits per heavy atom. The summed E-state index contributed by atoms with van der Waals surface area (Å²) in [6.07, 6.45) is 0.209. The highest BCUT2D eigenvalue weighted by Gasteiger charge is 2.23. The number of nitrogens with zero attached hydrogens (tertiary/aromatic N) is 1. The second kappa shape index (κ2) is 8.86. The molecule has 2 aromatic carbocycles. The summed E-state index contributed by atoms with van der Waals surface area (Å²) in [4.78, 5) is 17.1. The lowest BCUT2D eigenvalue weighted by Crippen LogP contribution is -2.38. The lowest BCUT2D eigenvalue weighted by molar-refractivity contribution is -0.114. The average molecular weight is 448 g/mol. The Kier molecular flexibility index (Phi) is 6.20. The minimum atomic E-state index is -0.679. The molecule has 1 aliphatic rings. The molecule has 158 valence electrons. The van der Waals surface area contributed by atoms with Crippen molar-refractivity contribution in [2.75, 3.05) is 25.0 Å². The number of carbonyl (C=O) groups excluding carboxylic acids is 1. The number of aliphatic hydroxyl groups excluding tert-OH is 1. The molecule has 0 spiro atoms. The first-order valence-electron chi connectivity index (χ1n) is 9.78. The van der Waals surface area contributed by atoms with Crippen LogP contribution in [0.15, 0.2) is 36.4 Å². The van der Waals surface area contributed by atoms with Crippen molar-refractivity contribution in [1.29, 1.82) is 0 Å². The van der Waals surface area contributed by atoms with Crippen molar-refractivity contribution in [3.05, 3.63) is 57.7 Å². The molecule has 0 saturated heterocycles. The van der Waals surface area contributed by atoms with E-state index in [9.17, 15) is 9.90 Å². The van der Waals surface area contributed by atoms with Crippen molar-refractivity contribution in [2.24, 2.45) is 0 Å². The molecule has 4 rings (SSSR count). The Balaban J connectivity index is 1.39. The third-order valence-corrected chi connectivity index (χ3v) is 5.64. The van der Waals surface area contributed by atoms with E-state index in [0.717, 1.165) is 30.4 Å². The highest BCUT2D eigenvalue weighted by atomic mass is 35.5. The number of fused-ring (bicyclic) bond motifs is 3. The fourth-order valence-corrected chi connectivity index (χ4v) is 4.19. The van der Waals surface area contributed by atoms with E-state index in [1.807, 2.05) is 18.2 Å². The van der Waals surface area contributed by atoms with Gasteiger partial charge in [-0.2, -0.15) is 0 Å². The predicted molar refractivity (Wildman–Crippen MR) is 120 cm³/mol. The highest BCUT2D eigenvalue weighted by Crippen LogP contribution is 2.30. The molecular weight excluding hydrogens is 425 g/mol. The average Bonchev–Trinajstić information content (AvgIpc) is 3.04. The largest absolute Gasteiger partial charge is 0.489 e. The van der Waals surface area contributed by atoms with E-state index in [1.54, 1.807) is 18.2 Å². The lowest BCUT2D eigenvalue weighted by Gasteiger charge is -2.29. The van der Waals surface area contributed by atoms with Crippen LogP contribution in [0.4, 0.5) is 5.69 Å². The SMILES string of the molecule is CC(=O)Nc1cc(Cl)ccc1OCC(O)CN1CCc2[nH]c3ccc(Cl)cc3c2C1. The first-order chi connectivity index (χ1) is 14.4. The van der Waals surface area contributed by atoms with Crippen molar-refractivity contribution in [2.45, 2.75) is 26.0 Å². The zero-order valence-corrected chi connectivity index (χ0v) is 18.1. The van der Waals surface area contributed by atoms with E-state index in [4.69, 9.17) is 27.9 Å². The number of H-pyrrole nitrogens is 1. The van der Waals surface area contributed by atoms with E-state index in [0.29, 0.717) is 28.0 Å². The summed E-state index contributed by atoms with van der Waals surface area (Å²) < 4.78 is 5.76. The van der Waals surface area contributed by atoms with Crippen molar-refractivity contribution >= 4 is 45.7 Å². The first kappa shape index (κ1) is 21.0. The topological polar surface area (TPSA) is 77.6 Å². The van der Waals surface area contributed by atoms with Gasteiger partial charge in [-0.25, -0.2) is 0 Å². The molecular formula is C22H23Cl2N3O3. The predicted octanol–water partition coefficient (Wildman–Crippen LogP) is 4.23. The number of nitrogens with one attached hydrogen (secondary N) is 2. The number of carbonyl (C=O) groups is 1. The summed E-state index contributed by atoms with van der Waals surface area (Å²) in [6.45, 7) is 3.60. The van der Waals surface area contributed by atoms with Gasteiger partial charge in [0.05, 0.1) is 5.69 Å². The summed E-state index contributed by atoms with van der Waals surface area (Å²) in [5, 5.41) is 15.6. The minimum absolute atomic E-state index is 0.108. The Morgan fingerprint density at radius 2 is 2.03 bits per heavy atom. The summed E-state index contributed by atoms with van der Waals surface area (Å²) in [5.41, 5.74) is 4.04. The number of ether oxygens (including phenoxy) is 1. The van der Waals surface area contributed by atoms with E-state index < -0.39 is 6.10 Å². The number of hydrogen-bond donors (Lipinski definition) is 3. The molecule has 3 aromatic rings. The minimum Gasteiger partial charge on any atom is -0.489 e. The van der Waals surface area contributed by atoms with Gasteiger partial charge < -0.3 is 20.1 Å². The van der Waals surface area contributed by atoms with Gasteiger partial charge in [-0.05, 0) is 42.0 Å². The van der Waals surface area contributed by atoms with Crippen molar-refractivity contribution < 1.29 is 14.6 Å². The van der Waals surface area contributed by atoms with E-state index in [1.165, 1.54) is 18.2 Å². The molecule has 30 heavy (non-hydrogen) atoms. The zero-order chi connectivity index (χ0) is 21.3. The summed E-state index contributed by atoms with van der Waals surface area (Å²) in [5.74, 6) is 0.256. The second-order valence-corrected chi connectivity index (χ2v) is 8.42. The van der Waals surface area contributed by atoms with Gasteiger partial charge in [-0.1, -0.05) is 23.2 Å². The second-order valence-electron chi connectivity index (χ2n) is 7.54. The van der Waals surface area contributed by atoms with E-state index in [2.05, 4.69) is 15.2 Å². The van der Waals surface area contributed by atoms with Crippen molar-refractivity contribution in [1.82, 2.24) is 9.88 Å². The molecule has 6 nitrogen and oxygen atoms in total. The van der Waals surface area contributed by atoms with Crippen LogP contribution in [-0.4, -0.2) is 46.7 Å². The number of aliphatic hydroxyl groups is 1. The third kappa shape index (κ3) is 4.73. The molecule has 0 aliphatic carbocycles. The maximum atomic E-state index is 11.4. The van der Waals surface area contributed by atoms with Crippen molar-refractivity contribution in [3.63, 3.8) is 0 Å². The number of rotatable bonds is 6. The number of hydrogen-bond acceptors (Lipinski definition) is 4. The van der Waals surface area contributed by atoms with Crippen molar-refractivity contribution in [3.8, 4) is 5.75 Å². The summed E-state index contributed by atoms with van der Waals surface area (Å²) >= 11 is 12.2. The van der Waals surface area contributed by atoms with Crippen LogP contribution in [0.3, 0.4) is 0 Å². The van der Waals surface area contributed by atoms with Crippen LogP contribution < -0.4 is 10.1 Å². The molecule has 1 amide bonds. The number of amides is 1. The van der Waals surface area contributed by atoms with Gasteiger partial charge in [0, 0.05) is 59.6 Å². The Labute approximate surface area is 184 Å². The quantitative estimate of drug-likeness (QED) is 0.528. The van der Waals surface area contributed by atoms with E-state index >= 15 is 0 Å². The Morgan fingerprint density at radius 1 is 1.27 bits per heavy atom. The third-order valence-electron chi connectivity index (χ3n) is 5.17. The molecule has 8 heteroatoms. The van der Waals surface area contributed by atoms with Crippen LogP contribution in [-0.2, 0) is 17.8 Å². The molecule has 0 bridgehead atoms. The Hall–Kier alpha value is -2.25. The standard InChI is InChI=1S/C22H23Cl2N3O3/c1-13(28)25-21-9-15(24)3-5-22(21)30-12-16(29)10-27-7-6-20-18(11-27)17-8-14(23)2-4-19(17)26-20/h2-5,8-9,16,26,29H,6-7,10-12H2,1H3,(H,25,28). The van der Waals surface area contributed by atoms with Crippen LogP contribution in [0, 0.1) is 0 Å². The summed E-state index contributed by atoms with van der Waals surface area (Å²) in [6, 6.07) is 10.9. The highest BCUT2D eigenvalue weighted by molar-refractivity contribution is 6.31. The number of benzene rings is 2. The number of anilines is 1. The van der Waals surface area contributed by atoms with Gasteiger partial charge in [0.2, 0.25) is 5.91 Å². The smallest absolute Gasteiger partial charge is 0.221 e. The zero-order valence-electron chi connectivity index (χ0n) is 16.5. The van der Waals surface area contributed by atoms with Gasteiger partial charge in [0.1, 0.15) is 18.5 Å².